The number of carboxylic acid groups (broad SMARTS) is 1. The average molecular weight is 273 g/mol. The molecule has 6 nitrogen and oxygen atoms in total. The van der Waals surface area contributed by atoms with Crippen molar-refractivity contribution in [1.29, 1.82) is 0 Å². The van der Waals surface area contributed by atoms with Crippen molar-refractivity contribution >= 4 is 17.7 Å². The van der Waals surface area contributed by atoms with Crippen LogP contribution in [-0.4, -0.2) is 43.3 Å². The fraction of sp³-hybridized carbons (Fsp3) is 0.727. The summed E-state index contributed by atoms with van der Waals surface area (Å²) in [6.07, 6.45) is 3.32. The van der Waals surface area contributed by atoms with Crippen LogP contribution in [0.2, 0.25) is 0 Å². The Kier molecular flexibility index (Phi) is 6.74. The molecule has 0 fully saturated rings. The molecule has 0 unspecified atom stereocenters. The zero-order valence-electron chi connectivity index (χ0n) is 10.5. The number of aliphatic hydroxyl groups excluding tert-OH is 1. The molecule has 1 heterocycles. The van der Waals surface area contributed by atoms with Crippen LogP contribution in [0.5, 0.6) is 0 Å². The zero-order chi connectivity index (χ0) is 13.4. The summed E-state index contributed by atoms with van der Waals surface area (Å²) in [5.41, 5.74) is 0. The molecule has 0 aliphatic carbocycles. The Labute approximate surface area is 110 Å². The first-order valence-electron chi connectivity index (χ1n) is 6.06. The third-order valence-corrected chi connectivity index (χ3v) is 3.33. The highest BCUT2D eigenvalue weighted by molar-refractivity contribution is 7.99. The van der Waals surface area contributed by atoms with E-state index in [1.807, 2.05) is 4.57 Å². The predicted molar refractivity (Wildman–Crippen MR) is 68.7 cm³/mol. The molecule has 0 atom stereocenters. The molecule has 0 saturated carbocycles. The number of nitrogens with zero attached hydrogens (tertiary/aromatic N) is 3. The molecule has 7 heteroatoms. The summed E-state index contributed by atoms with van der Waals surface area (Å²) in [5, 5.41) is 26.2. The highest BCUT2D eigenvalue weighted by Crippen LogP contribution is 2.18. The molecule has 1 aromatic heterocycles. The Balaban J connectivity index is 2.68. The van der Waals surface area contributed by atoms with Crippen molar-refractivity contribution in [2.75, 3.05) is 12.4 Å². The standard InChI is InChI=1S/C11H19N3O3S/c1-2-6-14-9(5-3-4-7-15)12-13-11(14)18-8-10(16)17/h15H,2-8H2,1H3,(H,16,17). The van der Waals surface area contributed by atoms with Gasteiger partial charge in [0.25, 0.3) is 0 Å². The number of carboxylic acids is 1. The number of aliphatic hydroxyl groups is 1. The van der Waals surface area contributed by atoms with Crippen molar-refractivity contribution < 1.29 is 15.0 Å². The minimum atomic E-state index is -0.854. The molecule has 102 valence electrons. The maximum absolute atomic E-state index is 10.6. The lowest BCUT2D eigenvalue weighted by Crippen LogP contribution is -2.07. The topological polar surface area (TPSA) is 88.2 Å². The number of thioether (sulfide) groups is 1. The van der Waals surface area contributed by atoms with Gasteiger partial charge in [0.1, 0.15) is 5.82 Å². The lowest BCUT2D eigenvalue weighted by molar-refractivity contribution is -0.133. The second kappa shape index (κ2) is 8.10. The van der Waals surface area contributed by atoms with Gasteiger partial charge in [0.05, 0.1) is 5.75 Å². The molecule has 0 spiro atoms. The lowest BCUT2D eigenvalue weighted by atomic mass is 10.2. The van der Waals surface area contributed by atoms with Gasteiger partial charge in [-0.25, -0.2) is 0 Å². The Hall–Kier alpha value is -1.08. The van der Waals surface area contributed by atoms with Crippen molar-refractivity contribution in [3.05, 3.63) is 5.82 Å². The van der Waals surface area contributed by atoms with E-state index in [9.17, 15) is 4.79 Å². The van der Waals surface area contributed by atoms with Crippen LogP contribution in [-0.2, 0) is 17.8 Å². The van der Waals surface area contributed by atoms with Gasteiger partial charge < -0.3 is 14.8 Å². The average Bonchev–Trinajstić information content (AvgIpc) is 2.71. The van der Waals surface area contributed by atoms with Crippen LogP contribution in [0, 0.1) is 0 Å². The molecule has 2 N–H and O–H groups in total. The molecule has 0 aliphatic rings. The number of rotatable bonds is 9. The lowest BCUT2D eigenvalue weighted by Gasteiger charge is -2.07. The number of hydrogen-bond donors (Lipinski definition) is 2. The number of aromatic nitrogens is 3. The smallest absolute Gasteiger partial charge is 0.313 e. The first-order chi connectivity index (χ1) is 8.69. The quantitative estimate of drug-likeness (QED) is 0.519. The van der Waals surface area contributed by atoms with Gasteiger partial charge in [-0.3, -0.25) is 4.79 Å². The number of carbonyl (C=O) groups is 1. The van der Waals surface area contributed by atoms with Gasteiger partial charge >= 0.3 is 5.97 Å². The summed E-state index contributed by atoms with van der Waals surface area (Å²) < 4.78 is 1.98. The van der Waals surface area contributed by atoms with E-state index in [0.717, 1.165) is 38.1 Å². The van der Waals surface area contributed by atoms with Crippen molar-refractivity contribution in [1.82, 2.24) is 14.8 Å². The van der Waals surface area contributed by atoms with Gasteiger partial charge in [-0.15, -0.1) is 10.2 Å². The molecule has 0 saturated heterocycles. The normalized spacial score (nSPS) is 10.8. The van der Waals surface area contributed by atoms with Gasteiger partial charge in [0, 0.05) is 19.6 Å². The van der Waals surface area contributed by atoms with Crippen molar-refractivity contribution in [2.24, 2.45) is 0 Å². The highest BCUT2D eigenvalue weighted by atomic mass is 32.2. The van der Waals surface area contributed by atoms with E-state index in [0.29, 0.717) is 5.16 Å². The predicted octanol–water partition coefficient (Wildman–Crippen LogP) is 1.18. The van der Waals surface area contributed by atoms with E-state index in [-0.39, 0.29) is 12.4 Å². The van der Waals surface area contributed by atoms with E-state index < -0.39 is 5.97 Å². The third-order valence-electron chi connectivity index (χ3n) is 2.37. The minimum Gasteiger partial charge on any atom is -0.481 e. The summed E-state index contributed by atoms with van der Waals surface area (Å²) in [5.74, 6) is 0.0180. The van der Waals surface area contributed by atoms with Gasteiger partial charge in [-0.1, -0.05) is 18.7 Å². The molecule has 0 amide bonds. The van der Waals surface area contributed by atoms with Crippen molar-refractivity contribution in [3.63, 3.8) is 0 Å². The van der Waals surface area contributed by atoms with Crippen LogP contribution in [0.25, 0.3) is 0 Å². The maximum atomic E-state index is 10.6. The van der Waals surface area contributed by atoms with Gasteiger partial charge in [-0.2, -0.15) is 0 Å². The highest BCUT2D eigenvalue weighted by Gasteiger charge is 2.12. The van der Waals surface area contributed by atoms with Crippen LogP contribution in [0.1, 0.15) is 32.0 Å². The summed E-state index contributed by atoms with van der Waals surface area (Å²) in [4.78, 5) is 10.6. The molecule has 0 aromatic carbocycles. The van der Waals surface area contributed by atoms with Crippen molar-refractivity contribution in [2.45, 2.75) is 44.3 Å². The summed E-state index contributed by atoms with van der Waals surface area (Å²) >= 11 is 1.20. The van der Waals surface area contributed by atoms with E-state index >= 15 is 0 Å². The number of aryl methyl sites for hydroxylation is 1. The molecular weight excluding hydrogens is 254 g/mol. The van der Waals surface area contributed by atoms with E-state index in [2.05, 4.69) is 17.1 Å². The molecule has 1 rings (SSSR count). The maximum Gasteiger partial charge on any atom is 0.313 e. The Morgan fingerprint density at radius 2 is 2.17 bits per heavy atom. The van der Waals surface area contributed by atoms with Crippen LogP contribution in [0.3, 0.4) is 0 Å². The summed E-state index contributed by atoms with van der Waals surface area (Å²) in [6.45, 7) is 3.04. The second-order valence-corrected chi connectivity index (χ2v) is 4.86. The summed E-state index contributed by atoms with van der Waals surface area (Å²) in [6, 6.07) is 0. The van der Waals surface area contributed by atoms with Gasteiger partial charge in [0.2, 0.25) is 0 Å². The van der Waals surface area contributed by atoms with Gasteiger partial charge in [0.15, 0.2) is 5.16 Å². The van der Waals surface area contributed by atoms with Crippen LogP contribution in [0.4, 0.5) is 0 Å². The Morgan fingerprint density at radius 1 is 1.39 bits per heavy atom. The monoisotopic (exact) mass is 273 g/mol. The number of unbranched alkanes of at least 4 members (excludes halogenated alkanes) is 1. The minimum absolute atomic E-state index is 0.00150. The van der Waals surface area contributed by atoms with Crippen LogP contribution in [0.15, 0.2) is 5.16 Å². The largest absolute Gasteiger partial charge is 0.481 e. The third kappa shape index (κ3) is 4.66. The van der Waals surface area contributed by atoms with E-state index in [4.69, 9.17) is 10.2 Å². The number of aliphatic carboxylic acids is 1. The van der Waals surface area contributed by atoms with Gasteiger partial charge in [-0.05, 0) is 19.3 Å². The molecular formula is C11H19N3O3S. The zero-order valence-corrected chi connectivity index (χ0v) is 11.3. The summed E-state index contributed by atoms with van der Waals surface area (Å²) in [7, 11) is 0. The SMILES string of the molecule is CCCn1c(CCCCO)nnc1SCC(=O)O. The van der Waals surface area contributed by atoms with Crippen LogP contribution >= 0.6 is 11.8 Å². The molecule has 0 aliphatic heterocycles. The van der Waals surface area contributed by atoms with Crippen LogP contribution < -0.4 is 0 Å². The van der Waals surface area contributed by atoms with Crippen molar-refractivity contribution in [3.8, 4) is 0 Å². The Bertz CT molecular complexity index is 382. The molecule has 18 heavy (non-hydrogen) atoms. The van der Waals surface area contributed by atoms with E-state index in [1.54, 1.807) is 0 Å². The fourth-order valence-electron chi connectivity index (χ4n) is 1.58. The molecule has 0 bridgehead atoms. The number of hydrogen-bond acceptors (Lipinski definition) is 5. The molecule has 1 aromatic rings. The first kappa shape index (κ1) is 15.0. The molecule has 0 radical (unpaired) electrons. The fourth-order valence-corrected chi connectivity index (χ4v) is 2.28. The Morgan fingerprint density at radius 3 is 2.78 bits per heavy atom. The first-order valence-corrected chi connectivity index (χ1v) is 7.05. The van der Waals surface area contributed by atoms with E-state index in [1.165, 1.54) is 11.8 Å². The second-order valence-electron chi connectivity index (χ2n) is 3.91.